The van der Waals surface area contributed by atoms with Gasteiger partial charge in [-0.2, -0.15) is 0 Å². The van der Waals surface area contributed by atoms with Gasteiger partial charge in [-0.05, 0) is 34.1 Å². The zero-order chi connectivity index (χ0) is 10.3. The lowest BCUT2D eigenvalue weighted by Crippen LogP contribution is -1.76. The van der Waals surface area contributed by atoms with Crippen LogP contribution in [0.2, 0.25) is 0 Å². The Labute approximate surface area is 91.1 Å². The van der Waals surface area contributed by atoms with Gasteiger partial charge in [0.25, 0.3) is 6.43 Å². The Morgan fingerprint density at radius 2 is 2.07 bits per heavy atom. The summed E-state index contributed by atoms with van der Waals surface area (Å²) in [6.45, 7) is 0. The molecule has 14 heavy (non-hydrogen) atoms. The molecular weight excluding hydrogens is 274 g/mol. The van der Waals surface area contributed by atoms with Gasteiger partial charge < -0.3 is 5.11 Å². The highest BCUT2D eigenvalue weighted by Gasteiger charge is 2.17. The predicted molar refractivity (Wildman–Crippen MR) is 56.1 cm³/mol. The Hall–Kier alpha value is -0.680. The topological polar surface area (TPSA) is 20.2 Å². The molecule has 0 amide bonds. The number of alkyl halides is 2. The number of hydrogen-bond donors (Lipinski definition) is 1. The molecule has 1 aromatic carbocycles. The van der Waals surface area contributed by atoms with Crippen LogP contribution in [0.1, 0.15) is 11.3 Å². The molecule has 0 bridgehead atoms. The summed E-state index contributed by atoms with van der Waals surface area (Å²) in [4.78, 5) is 0.00519. The molecule has 0 aliphatic carbocycles. The normalized spacial score (nSPS) is 11.4. The summed E-state index contributed by atoms with van der Waals surface area (Å²) in [5.41, 5.74) is 0. The lowest BCUT2D eigenvalue weighted by Gasteiger charge is -1.94. The smallest absolute Gasteiger partial charge is 0.273 e. The van der Waals surface area contributed by atoms with Crippen molar-refractivity contribution in [2.75, 3.05) is 0 Å². The largest absolute Gasteiger partial charge is 0.508 e. The fraction of sp³-hybridized carbons (Fsp3) is 0.111. The molecule has 1 nitrogen and oxygen atoms in total. The van der Waals surface area contributed by atoms with Crippen LogP contribution in [0.3, 0.4) is 0 Å². The molecule has 0 atom stereocenters. The monoisotopic (exact) mass is 278 g/mol. The number of halogens is 3. The Morgan fingerprint density at radius 1 is 1.36 bits per heavy atom. The summed E-state index contributed by atoms with van der Waals surface area (Å²) in [7, 11) is 0. The third kappa shape index (κ3) is 1.50. The van der Waals surface area contributed by atoms with E-state index in [4.69, 9.17) is 0 Å². The number of thiophene rings is 1. The quantitative estimate of drug-likeness (QED) is 0.824. The SMILES string of the molecule is Oc1ccc2sc(C(F)F)c(Br)c2c1. The second-order valence-corrected chi connectivity index (χ2v) is 4.64. The molecule has 0 saturated heterocycles. The first-order chi connectivity index (χ1) is 6.59. The van der Waals surface area contributed by atoms with E-state index in [2.05, 4.69) is 15.9 Å². The van der Waals surface area contributed by atoms with Gasteiger partial charge in [0, 0.05) is 14.6 Å². The van der Waals surface area contributed by atoms with E-state index in [0.717, 1.165) is 16.0 Å². The maximum Gasteiger partial charge on any atom is 0.273 e. The Balaban J connectivity index is 2.74. The van der Waals surface area contributed by atoms with Gasteiger partial charge in [-0.1, -0.05) is 0 Å². The van der Waals surface area contributed by atoms with Crippen molar-refractivity contribution in [3.8, 4) is 5.75 Å². The first kappa shape index (κ1) is 9.86. The number of rotatable bonds is 1. The maximum absolute atomic E-state index is 12.5. The number of phenolic OH excluding ortho intramolecular Hbond substituents is 1. The molecule has 0 fully saturated rings. The van der Waals surface area contributed by atoms with Gasteiger partial charge in [0.05, 0.1) is 4.88 Å². The molecule has 2 rings (SSSR count). The molecule has 74 valence electrons. The second kappa shape index (κ2) is 3.47. The van der Waals surface area contributed by atoms with Crippen LogP contribution in [0, 0.1) is 0 Å². The van der Waals surface area contributed by atoms with Gasteiger partial charge in [0.15, 0.2) is 0 Å². The van der Waals surface area contributed by atoms with Crippen LogP contribution in [-0.4, -0.2) is 5.11 Å². The van der Waals surface area contributed by atoms with E-state index in [1.807, 2.05) is 0 Å². The predicted octanol–water partition coefficient (Wildman–Crippen LogP) is 4.31. The van der Waals surface area contributed by atoms with Crippen LogP contribution in [-0.2, 0) is 0 Å². The minimum absolute atomic E-state index is 0.00519. The summed E-state index contributed by atoms with van der Waals surface area (Å²) in [6.07, 6.45) is -2.48. The molecule has 2 aromatic rings. The molecule has 0 aliphatic heterocycles. The van der Waals surface area contributed by atoms with E-state index in [0.29, 0.717) is 9.86 Å². The van der Waals surface area contributed by atoms with Crippen molar-refractivity contribution in [1.29, 1.82) is 0 Å². The Morgan fingerprint density at radius 3 is 2.71 bits per heavy atom. The molecule has 0 spiro atoms. The van der Waals surface area contributed by atoms with E-state index in [9.17, 15) is 13.9 Å². The molecule has 1 aromatic heterocycles. The Bertz CT molecular complexity index is 481. The second-order valence-electron chi connectivity index (χ2n) is 2.76. The molecule has 0 unspecified atom stereocenters. The lowest BCUT2D eigenvalue weighted by molar-refractivity contribution is 0.155. The van der Waals surface area contributed by atoms with Crippen molar-refractivity contribution < 1.29 is 13.9 Å². The van der Waals surface area contributed by atoms with E-state index < -0.39 is 6.43 Å². The van der Waals surface area contributed by atoms with Crippen LogP contribution >= 0.6 is 27.3 Å². The molecule has 0 radical (unpaired) electrons. The van der Waals surface area contributed by atoms with Crippen molar-refractivity contribution in [1.82, 2.24) is 0 Å². The average molecular weight is 279 g/mol. The van der Waals surface area contributed by atoms with Crippen LogP contribution in [0.15, 0.2) is 22.7 Å². The van der Waals surface area contributed by atoms with Crippen molar-refractivity contribution in [2.24, 2.45) is 0 Å². The van der Waals surface area contributed by atoms with Crippen molar-refractivity contribution >= 4 is 37.4 Å². The highest BCUT2D eigenvalue weighted by atomic mass is 79.9. The van der Waals surface area contributed by atoms with Crippen LogP contribution in [0.25, 0.3) is 10.1 Å². The number of phenols is 1. The number of hydrogen-bond acceptors (Lipinski definition) is 2. The Kier molecular flexibility index (Phi) is 2.45. The van der Waals surface area contributed by atoms with E-state index >= 15 is 0 Å². The number of aromatic hydroxyl groups is 1. The maximum atomic E-state index is 12.5. The molecule has 0 aliphatic rings. The van der Waals surface area contributed by atoms with Crippen molar-refractivity contribution in [3.63, 3.8) is 0 Å². The summed E-state index contributed by atoms with van der Waals surface area (Å²) < 4.78 is 26.1. The minimum Gasteiger partial charge on any atom is -0.508 e. The zero-order valence-electron chi connectivity index (χ0n) is 6.80. The summed E-state index contributed by atoms with van der Waals surface area (Å²) in [5, 5.41) is 9.83. The fourth-order valence-electron chi connectivity index (χ4n) is 1.21. The van der Waals surface area contributed by atoms with Crippen LogP contribution < -0.4 is 0 Å². The molecule has 0 saturated carbocycles. The molecular formula is C9H5BrF2OS. The standard InChI is InChI=1S/C9H5BrF2OS/c10-7-5-3-4(13)1-2-6(5)14-8(7)9(11)12/h1-3,9,13H. The van der Waals surface area contributed by atoms with Crippen molar-refractivity contribution in [3.05, 3.63) is 27.5 Å². The van der Waals surface area contributed by atoms with Gasteiger partial charge in [-0.3, -0.25) is 0 Å². The van der Waals surface area contributed by atoms with E-state index in [-0.39, 0.29) is 10.6 Å². The molecule has 1 heterocycles. The third-order valence-electron chi connectivity index (χ3n) is 1.83. The first-order valence-electron chi connectivity index (χ1n) is 3.78. The van der Waals surface area contributed by atoms with Crippen LogP contribution in [0.5, 0.6) is 5.75 Å². The van der Waals surface area contributed by atoms with E-state index in [1.54, 1.807) is 6.07 Å². The van der Waals surface area contributed by atoms with E-state index in [1.165, 1.54) is 12.1 Å². The number of benzene rings is 1. The number of fused-ring (bicyclic) bond motifs is 1. The van der Waals surface area contributed by atoms with Gasteiger partial charge in [0.2, 0.25) is 0 Å². The highest BCUT2D eigenvalue weighted by Crippen LogP contribution is 2.41. The van der Waals surface area contributed by atoms with Crippen LogP contribution in [0.4, 0.5) is 8.78 Å². The van der Waals surface area contributed by atoms with Gasteiger partial charge in [-0.15, -0.1) is 11.3 Å². The van der Waals surface area contributed by atoms with Gasteiger partial charge in [0.1, 0.15) is 5.75 Å². The fourth-order valence-corrected chi connectivity index (χ4v) is 3.02. The zero-order valence-corrected chi connectivity index (χ0v) is 9.20. The summed E-state index contributed by atoms with van der Waals surface area (Å²) >= 11 is 4.14. The van der Waals surface area contributed by atoms with Gasteiger partial charge >= 0.3 is 0 Å². The third-order valence-corrected chi connectivity index (χ3v) is 4.13. The molecule has 5 heteroatoms. The average Bonchev–Trinajstić information content (AvgIpc) is 2.44. The van der Waals surface area contributed by atoms with Crippen molar-refractivity contribution in [2.45, 2.75) is 6.43 Å². The molecule has 1 N–H and O–H groups in total. The minimum atomic E-state index is -2.48. The summed E-state index contributed by atoms with van der Waals surface area (Å²) in [5.74, 6) is 0.0804. The highest BCUT2D eigenvalue weighted by molar-refractivity contribution is 9.10. The lowest BCUT2D eigenvalue weighted by atomic mass is 10.2. The van der Waals surface area contributed by atoms with Gasteiger partial charge in [-0.25, -0.2) is 8.78 Å². The first-order valence-corrected chi connectivity index (χ1v) is 5.39. The summed E-state index contributed by atoms with van der Waals surface area (Å²) in [6, 6.07) is 4.59.